The molecule has 27 heavy (non-hydrogen) atoms. The van der Waals surface area contributed by atoms with Crippen LogP contribution in [0.4, 0.5) is 5.82 Å². The highest BCUT2D eigenvalue weighted by molar-refractivity contribution is 5.94. The first-order chi connectivity index (χ1) is 12.9. The van der Waals surface area contributed by atoms with E-state index in [2.05, 4.69) is 48.2 Å². The fourth-order valence-electron chi connectivity index (χ4n) is 4.57. The number of carbonyl (C=O) groups excluding carboxylic acids is 1. The number of anilines is 1. The summed E-state index contributed by atoms with van der Waals surface area (Å²) in [5.74, 6) is 1.84. The summed E-state index contributed by atoms with van der Waals surface area (Å²) in [6.07, 6.45) is 4.98. The highest BCUT2D eigenvalue weighted by Crippen LogP contribution is 2.39. The molecule has 2 aromatic rings. The minimum Gasteiger partial charge on any atom is -0.311 e. The summed E-state index contributed by atoms with van der Waals surface area (Å²) in [6, 6.07) is 4.58. The summed E-state index contributed by atoms with van der Waals surface area (Å²) in [6.45, 7) is 10.1. The standard InChI is InChI=1S/C22H30N4O/c1-14-5-7-26(8-6-14)13-17-9-15(2)10-18(16(17)3)19-11-21(27)24-22-20(19)12-23-25(22)4/h9-10,12,14,19H,5-8,11,13H2,1-4H3,(H,24,27). The maximum absolute atomic E-state index is 12.3. The van der Waals surface area contributed by atoms with Crippen LogP contribution < -0.4 is 5.32 Å². The molecule has 1 fully saturated rings. The van der Waals surface area contributed by atoms with Gasteiger partial charge in [-0.3, -0.25) is 14.4 Å². The van der Waals surface area contributed by atoms with Crippen LogP contribution in [0.25, 0.3) is 0 Å². The Morgan fingerprint density at radius 2 is 1.93 bits per heavy atom. The number of likely N-dealkylation sites (tertiary alicyclic amines) is 1. The Bertz CT molecular complexity index is 861. The normalized spacial score (nSPS) is 21.2. The number of carbonyl (C=O) groups is 1. The SMILES string of the molecule is Cc1cc(CN2CCC(C)CC2)c(C)c(C2CC(=O)Nc3c2cnn3C)c1. The van der Waals surface area contributed by atoms with Crippen LogP contribution in [0, 0.1) is 19.8 Å². The lowest BCUT2D eigenvalue weighted by Crippen LogP contribution is -2.32. The van der Waals surface area contributed by atoms with E-state index in [4.69, 9.17) is 0 Å². The highest BCUT2D eigenvalue weighted by atomic mass is 16.1. The molecule has 1 unspecified atom stereocenters. The van der Waals surface area contributed by atoms with Gasteiger partial charge in [0.05, 0.1) is 6.20 Å². The molecule has 3 heterocycles. The molecule has 1 atom stereocenters. The second-order valence-electron chi connectivity index (χ2n) is 8.47. The zero-order chi connectivity index (χ0) is 19.1. The van der Waals surface area contributed by atoms with Crippen LogP contribution in [-0.4, -0.2) is 33.7 Å². The number of hydrogen-bond acceptors (Lipinski definition) is 3. The van der Waals surface area contributed by atoms with Gasteiger partial charge in [-0.25, -0.2) is 0 Å². The molecule has 1 saturated heterocycles. The molecule has 0 spiro atoms. The third-order valence-electron chi connectivity index (χ3n) is 6.34. The summed E-state index contributed by atoms with van der Waals surface area (Å²) in [7, 11) is 1.88. The van der Waals surface area contributed by atoms with Crippen molar-refractivity contribution < 1.29 is 4.79 Å². The molecular formula is C22H30N4O. The zero-order valence-corrected chi connectivity index (χ0v) is 16.9. The highest BCUT2D eigenvalue weighted by Gasteiger charge is 2.31. The van der Waals surface area contributed by atoms with Crippen molar-refractivity contribution in [2.75, 3.05) is 18.4 Å². The Labute approximate surface area is 161 Å². The summed E-state index contributed by atoms with van der Waals surface area (Å²) >= 11 is 0. The monoisotopic (exact) mass is 366 g/mol. The quantitative estimate of drug-likeness (QED) is 0.900. The Kier molecular flexibility index (Phi) is 4.81. The second-order valence-corrected chi connectivity index (χ2v) is 8.47. The molecule has 144 valence electrons. The van der Waals surface area contributed by atoms with Crippen LogP contribution in [0.2, 0.25) is 0 Å². The molecule has 0 aliphatic carbocycles. The lowest BCUT2D eigenvalue weighted by molar-refractivity contribution is -0.116. The van der Waals surface area contributed by atoms with E-state index in [1.165, 1.54) is 48.2 Å². The molecule has 5 nitrogen and oxygen atoms in total. The van der Waals surface area contributed by atoms with Gasteiger partial charge in [-0.15, -0.1) is 0 Å². The minimum atomic E-state index is 0.0728. The van der Waals surface area contributed by atoms with Gasteiger partial charge in [0.25, 0.3) is 0 Å². The zero-order valence-electron chi connectivity index (χ0n) is 16.9. The smallest absolute Gasteiger partial charge is 0.226 e. The van der Waals surface area contributed by atoms with Gasteiger partial charge in [-0.05, 0) is 62.4 Å². The number of fused-ring (bicyclic) bond motifs is 1. The fraction of sp³-hybridized carbons (Fsp3) is 0.545. The molecule has 4 rings (SSSR count). The van der Waals surface area contributed by atoms with Crippen molar-refractivity contribution in [2.24, 2.45) is 13.0 Å². The number of hydrogen-bond donors (Lipinski definition) is 1. The van der Waals surface area contributed by atoms with E-state index in [1.807, 2.05) is 13.2 Å². The van der Waals surface area contributed by atoms with Gasteiger partial charge in [0.1, 0.15) is 5.82 Å². The number of amides is 1. The average Bonchev–Trinajstić information content (AvgIpc) is 3.00. The van der Waals surface area contributed by atoms with E-state index >= 15 is 0 Å². The predicted molar refractivity (Wildman–Crippen MR) is 108 cm³/mol. The molecular weight excluding hydrogens is 336 g/mol. The molecule has 0 radical (unpaired) electrons. The first-order valence-corrected chi connectivity index (χ1v) is 10.1. The van der Waals surface area contributed by atoms with Gasteiger partial charge in [-0.2, -0.15) is 5.10 Å². The van der Waals surface area contributed by atoms with Crippen molar-refractivity contribution in [3.8, 4) is 0 Å². The largest absolute Gasteiger partial charge is 0.311 e. The van der Waals surface area contributed by atoms with Crippen LogP contribution in [0.5, 0.6) is 0 Å². The van der Waals surface area contributed by atoms with Gasteiger partial charge >= 0.3 is 0 Å². The number of nitrogens with one attached hydrogen (secondary N) is 1. The van der Waals surface area contributed by atoms with Crippen LogP contribution in [0.3, 0.4) is 0 Å². The Morgan fingerprint density at radius 1 is 1.19 bits per heavy atom. The van der Waals surface area contributed by atoms with E-state index < -0.39 is 0 Å². The average molecular weight is 367 g/mol. The molecule has 2 aliphatic rings. The second kappa shape index (κ2) is 7.12. The summed E-state index contributed by atoms with van der Waals surface area (Å²) in [4.78, 5) is 14.9. The molecule has 1 amide bonds. The number of aryl methyl sites for hydroxylation is 2. The van der Waals surface area contributed by atoms with Gasteiger partial charge in [-0.1, -0.05) is 24.6 Å². The lowest BCUT2D eigenvalue weighted by atomic mass is 9.82. The van der Waals surface area contributed by atoms with Crippen LogP contribution in [-0.2, 0) is 18.4 Å². The van der Waals surface area contributed by atoms with Crippen molar-refractivity contribution in [3.63, 3.8) is 0 Å². The van der Waals surface area contributed by atoms with Crippen molar-refractivity contribution in [3.05, 3.63) is 46.1 Å². The lowest BCUT2D eigenvalue weighted by Gasteiger charge is -2.31. The topological polar surface area (TPSA) is 50.2 Å². The molecule has 1 aromatic carbocycles. The Hall–Kier alpha value is -2.14. The maximum Gasteiger partial charge on any atom is 0.226 e. The number of aromatic nitrogens is 2. The third kappa shape index (κ3) is 3.53. The number of nitrogens with zero attached hydrogens (tertiary/aromatic N) is 3. The Balaban J connectivity index is 1.68. The molecule has 5 heteroatoms. The maximum atomic E-state index is 12.3. The number of benzene rings is 1. The van der Waals surface area contributed by atoms with Crippen molar-refractivity contribution in [1.82, 2.24) is 14.7 Å². The van der Waals surface area contributed by atoms with E-state index in [-0.39, 0.29) is 11.8 Å². The fourth-order valence-corrected chi connectivity index (χ4v) is 4.57. The molecule has 0 bridgehead atoms. The first kappa shape index (κ1) is 18.2. The summed E-state index contributed by atoms with van der Waals surface area (Å²) in [5.41, 5.74) is 6.40. The van der Waals surface area contributed by atoms with Gasteiger partial charge in [0.2, 0.25) is 5.91 Å². The van der Waals surface area contributed by atoms with Crippen LogP contribution in [0.1, 0.15) is 59.9 Å². The van der Waals surface area contributed by atoms with E-state index in [0.29, 0.717) is 6.42 Å². The number of piperidine rings is 1. The molecule has 2 aliphatic heterocycles. The van der Waals surface area contributed by atoms with Gasteiger partial charge < -0.3 is 5.32 Å². The van der Waals surface area contributed by atoms with Crippen molar-refractivity contribution >= 4 is 11.7 Å². The van der Waals surface area contributed by atoms with E-state index in [0.717, 1.165) is 23.8 Å². The van der Waals surface area contributed by atoms with Crippen molar-refractivity contribution in [2.45, 2.75) is 52.5 Å². The van der Waals surface area contributed by atoms with E-state index in [1.54, 1.807) is 4.68 Å². The summed E-state index contributed by atoms with van der Waals surface area (Å²) in [5, 5.41) is 7.36. The van der Waals surface area contributed by atoms with Gasteiger partial charge in [0, 0.05) is 31.5 Å². The summed E-state index contributed by atoms with van der Waals surface area (Å²) < 4.78 is 1.76. The Morgan fingerprint density at radius 3 is 2.67 bits per heavy atom. The molecule has 1 N–H and O–H groups in total. The van der Waals surface area contributed by atoms with Gasteiger partial charge in [0.15, 0.2) is 0 Å². The van der Waals surface area contributed by atoms with Crippen LogP contribution in [0.15, 0.2) is 18.3 Å². The molecule has 1 aromatic heterocycles. The van der Waals surface area contributed by atoms with Crippen LogP contribution >= 0.6 is 0 Å². The van der Waals surface area contributed by atoms with E-state index in [9.17, 15) is 4.79 Å². The first-order valence-electron chi connectivity index (χ1n) is 10.1. The predicted octanol–water partition coefficient (Wildman–Crippen LogP) is 3.74. The molecule has 0 saturated carbocycles. The minimum absolute atomic E-state index is 0.0728. The van der Waals surface area contributed by atoms with Crippen molar-refractivity contribution in [1.29, 1.82) is 0 Å². The third-order valence-corrected chi connectivity index (χ3v) is 6.34. The number of rotatable bonds is 3.